The molecule has 0 unspecified atom stereocenters. The van der Waals surface area contributed by atoms with E-state index in [1.807, 2.05) is 24.3 Å². The van der Waals surface area contributed by atoms with Crippen molar-refractivity contribution in [3.05, 3.63) is 65.8 Å². The minimum Gasteiger partial charge on any atom is -0.492 e. The van der Waals surface area contributed by atoms with E-state index in [0.717, 1.165) is 17.0 Å². The largest absolute Gasteiger partial charge is 0.492 e. The summed E-state index contributed by atoms with van der Waals surface area (Å²) in [4.78, 5) is 5.36. The number of fused-ring (bicyclic) bond motifs is 1. The van der Waals surface area contributed by atoms with E-state index in [4.69, 9.17) is 14.0 Å². The molecule has 4 rings (SSSR count). The molecular formula is C18H14FN3O3. The van der Waals surface area contributed by atoms with E-state index in [-0.39, 0.29) is 12.4 Å². The Labute approximate surface area is 142 Å². The van der Waals surface area contributed by atoms with Crippen LogP contribution in [0.3, 0.4) is 0 Å². The Hall–Kier alpha value is -3.22. The molecule has 0 saturated carbocycles. The SMILES string of the molecule is Fc1ccc(-c2nnc(CON=C3CCOc4ccccc43)o2)cc1. The van der Waals surface area contributed by atoms with Crippen LogP contribution in [0.4, 0.5) is 4.39 Å². The van der Waals surface area contributed by atoms with Gasteiger partial charge in [-0.25, -0.2) is 4.39 Å². The van der Waals surface area contributed by atoms with Gasteiger partial charge in [0.15, 0.2) is 6.61 Å². The Balaban J connectivity index is 1.44. The molecule has 0 atom stereocenters. The summed E-state index contributed by atoms with van der Waals surface area (Å²) in [7, 11) is 0. The summed E-state index contributed by atoms with van der Waals surface area (Å²) < 4.78 is 24.0. The molecule has 1 aliphatic heterocycles. The Kier molecular flexibility index (Phi) is 4.12. The molecule has 0 fully saturated rings. The standard InChI is InChI=1S/C18H14FN3O3/c19-13-7-5-12(6-8-13)18-21-20-17(25-18)11-24-22-15-9-10-23-16-4-2-1-3-14(15)16/h1-8H,9-11H2. The van der Waals surface area contributed by atoms with E-state index in [1.165, 1.54) is 12.1 Å². The van der Waals surface area contributed by atoms with Crippen molar-refractivity contribution in [2.45, 2.75) is 13.0 Å². The molecule has 126 valence electrons. The van der Waals surface area contributed by atoms with Crippen LogP contribution in [0.25, 0.3) is 11.5 Å². The number of hydrogen-bond acceptors (Lipinski definition) is 6. The quantitative estimate of drug-likeness (QED) is 0.680. The highest BCUT2D eigenvalue weighted by atomic mass is 19.1. The van der Waals surface area contributed by atoms with E-state index < -0.39 is 0 Å². The van der Waals surface area contributed by atoms with Gasteiger partial charge in [-0.2, -0.15) is 0 Å². The van der Waals surface area contributed by atoms with Gasteiger partial charge >= 0.3 is 0 Å². The van der Waals surface area contributed by atoms with Crippen molar-refractivity contribution < 1.29 is 18.4 Å². The topological polar surface area (TPSA) is 69.7 Å². The highest BCUT2D eigenvalue weighted by molar-refractivity contribution is 6.03. The molecule has 0 aliphatic carbocycles. The molecule has 6 nitrogen and oxygen atoms in total. The molecule has 25 heavy (non-hydrogen) atoms. The summed E-state index contributed by atoms with van der Waals surface area (Å²) in [6.07, 6.45) is 0.668. The molecule has 0 radical (unpaired) electrons. The smallest absolute Gasteiger partial charge is 0.257 e. The Morgan fingerprint density at radius 1 is 1.08 bits per heavy atom. The second-order valence-corrected chi connectivity index (χ2v) is 5.41. The summed E-state index contributed by atoms with van der Waals surface area (Å²) in [5, 5.41) is 12.0. The molecule has 3 aromatic rings. The third-order valence-electron chi connectivity index (χ3n) is 3.72. The molecule has 7 heteroatoms. The second kappa shape index (κ2) is 6.72. The van der Waals surface area contributed by atoms with Crippen LogP contribution in [-0.4, -0.2) is 22.5 Å². The minimum atomic E-state index is -0.320. The van der Waals surface area contributed by atoms with Gasteiger partial charge < -0.3 is 14.0 Å². The van der Waals surface area contributed by atoms with E-state index in [1.54, 1.807) is 12.1 Å². The van der Waals surface area contributed by atoms with Gasteiger partial charge in [0.2, 0.25) is 5.89 Å². The first-order valence-electron chi connectivity index (χ1n) is 7.79. The van der Waals surface area contributed by atoms with Crippen molar-refractivity contribution in [3.8, 4) is 17.2 Å². The highest BCUT2D eigenvalue weighted by Gasteiger charge is 2.17. The van der Waals surface area contributed by atoms with E-state index in [9.17, 15) is 4.39 Å². The van der Waals surface area contributed by atoms with Gasteiger partial charge in [0.1, 0.15) is 11.6 Å². The fourth-order valence-electron chi connectivity index (χ4n) is 2.50. The number of oxime groups is 1. The zero-order chi connectivity index (χ0) is 17.1. The number of aromatic nitrogens is 2. The number of rotatable bonds is 4. The third-order valence-corrected chi connectivity index (χ3v) is 3.72. The van der Waals surface area contributed by atoms with Gasteiger partial charge in [0.25, 0.3) is 5.89 Å². The molecular weight excluding hydrogens is 325 g/mol. The third kappa shape index (κ3) is 3.35. The Morgan fingerprint density at radius 3 is 2.80 bits per heavy atom. The van der Waals surface area contributed by atoms with Crippen molar-refractivity contribution in [1.29, 1.82) is 0 Å². The van der Waals surface area contributed by atoms with Crippen LogP contribution in [0.5, 0.6) is 5.75 Å². The van der Waals surface area contributed by atoms with E-state index in [0.29, 0.717) is 30.4 Å². The lowest BCUT2D eigenvalue weighted by Crippen LogP contribution is -2.16. The van der Waals surface area contributed by atoms with Crippen molar-refractivity contribution >= 4 is 5.71 Å². The van der Waals surface area contributed by atoms with Crippen molar-refractivity contribution in [2.75, 3.05) is 6.61 Å². The second-order valence-electron chi connectivity index (χ2n) is 5.41. The van der Waals surface area contributed by atoms with Gasteiger partial charge in [-0.15, -0.1) is 10.2 Å². The monoisotopic (exact) mass is 339 g/mol. The number of halogens is 1. The van der Waals surface area contributed by atoms with Crippen LogP contribution in [0, 0.1) is 5.82 Å². The lowest BCUT2D eigenvalue weighted by atomic mass is 10.0. The number of benzene rings is 2. The maximum atomic E-state index is 12.9. The highest BCUT2D eigenvalue weighted by Crippen LogP contribution is 2.24. The Bertz CT molecular complexity index is 906. The molecule has 2 heterocycles. The molecule has 1 aromatic heterocycles. The molecule has 0 saturated heterocycles. The van der Waals surface area contributed by atoms with Crippen molar-refractivity contribution in [2.24, 2.45) is 5.16 Å². The predicted octanol–water partition coefficient (Wildman–Crippen LogP) is 3.58. The van der Waals surface area contributed by atoms with Crippen LogP contribution in [0.15, 0.2) is 58.1 Å². The molecule has 0 bridgehead atoms. The van der Waals surface area contributed by atoms with Crippen LogP contribution in [-0.2, 0) is 11.4 Å². The summed E-state index contributed by atoms with van der Waals surface area (Å²) in [6.45, 7) is 0.620. The Morgan fingerprint density at radius 2 is 1.92 bits per heavy atom. The fraction of sp³-hybridized carbons (Fsp3) is 0.167. The lowest BCUT2D eigenvalue weighted by molar-refractivity contribution is 0.110. The normalized spacial score (nSPS) is 14.8. The average molecular weight is 339 g/mol. The van der Waals surface area contributed by atoms with Crippen molar-refractivity contribution in [3.63, 3.8) is 0 Å². The van der Waals surface area contributed by atoms with Crippen LogP contribution >= 0.6 is 0 Å². The fourth-order valence-corrected chi connectivity index (χ4v) is 2.50. The zero-order valence-electron chi connectivity index (χ0n) is 13.2. The van der Waals surface area contributed by atoms with E-state index >= 15 is 0 Å². The molecule has 0 N–H and O–H groups in total. The first kappa shape index (κ1) is 15.3. The predicted molar refractivity (Wildman–Crippen MR) is 87.6 cm³/mol. The zero-order valence-corrected chi connectivity index (χ0v) is 13.2. The van der Waals surface area contributed by atoms with Crippen molar-refractivity contribution in [1.82, 2.24) is 10.2 Å². The number of ether oxygens (including phenoxy) is 1. The maximum absolute atomic E-state index is 12.9. The van der Waals surface area contributed by atoms with Crippen LogP contribution in [0.1, 0.15) is 17.9 Å². The van der Waals surface area contributed by atoms with Crippen LogP contribution < -0.4 is 4.74 Å². The summed E-state index contributed by atoms with van der Waals surface area (Å²) in [5.74, 6) is 1.08. The summed E-state index contributed by atoms with van der Waals surface area (Å²) >= 11 is 0. The molecule has 0 amide bonds. The number of para-hydroxylation sites is 1. The summed E-state index contributed by atoms with van der Waals surface area (Å²) in [5.41, 5.74) is 2.39. The lowest BCUT2D eigenvalue weighted by Gasteiger charge is -2.17. The van der Waals surface area contributed by atoms with Gasteiger partial charge in [-0.05, 0) is 36.4 Å². The molecule has 1 aliphatic rings. The van der Waals surface area contributed by atoms with Gasteiger partial charge in [-0.1, -0.05) is 17.3 Å². The first-order chi connectivity index (χ1) is 12.3. The molecule has 2 aromatic carbocycles. The first-order valence-corrected chi connectivity index (χ1v) is 7.79. The number of hydrogen-bond donors (Lipinski definition) is 0. The van der Waals surface area contributed by atoms with Crippen LogP contribution in [0.2, 0.25) is 0 Å². The maximum Gasteiger partial charge on any atom is 0.257 e. The van der Waals surface area contributed by atoms with E-state index in [2.05, 4.69) is 15.4 Å². The van der Waals surface area contributed by atoms with Gasteiger partial charge in [0, 0.05) is 17.5 Å². The van der Waals surface area contributed by atoms with Gasteiger partial charge in [-0.3, -0.25) is 0 Å². The minimum absolute atomic E-state index is 0.0563. The number of nitrogens with zero attached hydrogens (tertiary/aromatic N) is 3. The molecule has 0 spiro atoms. The van der Waals surface area contributed by atoms with Gasteiger partial charge in [0.05, 0.1) is 12.3 Å². The average Bonchev–Trinajstić information content (AvgIpc) is 3.11. The summed E-state index contributed by atoms with van der Waals surface area (Å²) in [6, 6.07) is 13.5.